The Morgan fingerprint density at radius 1 is 1.07 bits per heavy atom. The quantitative estimate of drug-likeness (QED) is 0.666. The molecule has 0 bridgehead atoms. The van der Waals surface area contributed by atoms with Crippen molar-refractivity contribution in [1.82, 2.24) is 10.2 Å². The first-order valence-electron chi connectivity index (χ1n) is 10.1. The highest BCUT2D eigenvalue weighted by Gasteiger charge is 2.25. The topological polar surface area (TPSA) is 75.7 Å². The number of benzene rings is 1. The van der Waals surface area contributed by atoms with Crippen molar-refractivity contribution in [3.05, 3.63) is 72.1 Å². The molecule has 7 heteroatoms. The fraction of sp³-hybridized carbons (Fsp3) is 0.304. The van der Waals surface area contributed by atoms with Crippen LogP contribution >= 0.6 is 0 Å². The van der Waals surface area contributed by atoms with Crippen molar-refractivity contribution < 1.29 is 22.8 Å². The van der Waals surface area contributed by atoms with Crippen molar-refractivity contribution in [2.45, 2.75) is 31.7 Å². The average Bonchev–Trinajstić information content (AvgIpc) is 3.45. The summed E-state index contributed by atoms with van der Waals surface area (Å²) < 4.78 is 24.7. The van der Waals surface area contributed by atoms with Gasteiger partial charge in [0.25, 0.3) is 5.91 Å². The number of furan rings is 2. The van der Waals surface area contributed by atoms with E-state index in [9.17, 15) is 14.0 Å². The lowest BCUT2D eigenvalue weighted by molar-refractivity contribution is -0.122. The van der Waals surface area contributed by atoms with Gasteiger partial charge in [-0.05, 0) is 49.2 Å². The van der Waals surface area contributed by atoms with Crippen LogP contribution in [-0.4, -0.2) is 35.8 Å². The average molecular weight is 410 g/mol. The van der Waals surface area contributed by atoms with E-state index in [1.54, 1.807) is 47.4 Å². The Balaban J connectivity index is 1.22. The molecule has 0 atom stereocenters. The SMILES string of the molecule is O=C(CCc1ccc(-c2ccccc2F)o1)NC1CCN(C(=O)c2ccco2)CC1. The number of hydrogen-bond acceptors (Lipinski definition) is 4. The molecular weight excluding hydrogens is 387 g/mol. The van der Waals surface area contributed by atoms with Gasteiger partial charge in [0.15, 0.2) is 5.76 Å². The van der Waals surface area contributed by atoms with Crippen LogP contribution < -0.4 is 5.32 Å². The summed E-state index contributed by atoms with van der Waals surface area (Å²) in [5, 5.41) is 3.03. The van der Waals surface area contributed by atoms with E-state index in [1.807, 2.05) is 0 Å². The van der Waals surface area contributed by atoms with Crippen LogP contribution in [0.15, 0.2) is 63.6 Å². The molecule has 2 aromatic heterocycles. The fourth-order valence-corrected chi connectivity index (χ4v) is 3.64. The zero-order valence-electron chi connectivity index (χ0n) is 16.5. The van der Waals surface area contributed by atoms with Crippen molar-refractivity contribution >= 4 is 11.8 Å². The number of amides is 2. The third-order valence-corrected chi connectivity index (χ3v) is 5.28. The molecule has 1 fully saturated rings. The molecule has 6 nitrogen and oxygen atoms in total. The van der Waals surface area contributed by atoms with Crippen molar-refractivity contribution in [3.8, 4) is 11.3 Å². The first kappa shape index (κ1) is 19.9. The van der Waals surface area contributed by atoms with E-state index in [-0.39, 0.29) is 30.1 Å². The zero-order chi connectivity index (χ0) is 20.9. The molecule has 3 heterocycles. The number of nitrogens with zero attached hydrogens (tertiary/aromatic N) is 1. The monoisotopic (exact) mass is 410 g/mol. The largest absolute Gasteiger partial charge is 0.461 e. The number of aryl methyl sites for hydroxylation is 1. The minimum Gasteiger partial charge on any atom is -0.461 e. The minimum atomic E-state index is -0.340. The Morgan fingerprint density at radius 3 is 2.60 bits per heavy atom. The highest BCUT2D eigenvalue weighted by atomic mass is 19.1. The molecule has 1 aliphatic heterocycles. The van der Waals surface area contributed by atoms with Crippen LogP contribution in [0.3, 0.4) is 0 Å². The molecule has 0 aliphatic carbocycles. The second-order valence-corrected chi connectivity index (χ2v) is 7.36. The van der Waals surface area contributed by atoms with Crippen LogP contribution in [0.2, 0.25) is 0 Å². The van der Waals surface area contributed by atoms with Crippen LogP contribution in [0.25, 0.3) is 11.3 Å². The first-order chi connectivity index (χ1) is 14.6. The molecule has 0 unspecified atom stereocenters. The lowest BCUT2D eigenvalue weighted by Gasteiger charge is -2.31. The standard InChI is InChI=1S/C23H23FN2O4/c24-19-5-2-1-4-18(19)20-9-7-17(30-20)8-10-22(27)25-16-11-13-26(14-12-16)23(28)21-6-3-15-29-21/h1-7,9,15-16H,8,10-14H2,(H,25,27). The Hall–Kier alpha value is -3.35. The molecule has 156 valence electrons. The summed E-state index contributed by atoms with van der Waals surface area (Å²) in [5.74, 6) is 0.918. The van der Waals surface area contributed by atoms with Crippen LogP contribution in [0.4, 0.5) is 4.39 Å². The van der Waals surface area contributed by atoms with Crippen LogP contribution in [-0.2, 0) is 11.2 Å². The number of likely N-dealkylation sites (tertiary alicyclic amines) is 1. The molecule has 0 radical (unpaired) electrons. The highest BCUT2D eigenvalue weighted by molar-refractivity contribution is 5.91. The van der Waals surface area contributed by atoms with Gasteiger partial charge < -0.3 is 19.1 Å². The van der Waals surface area contributed by atoms with Crippen LogP contribution in [0.5, 0.6) is 0 Å². The van der Waals surface area contributed by atoms with E-state index in [2.05, 4.69) is 5.32 Å². The third-order valence-electron chi connectivity index (χ3n) is 5.28. The van der Waals surface area contributed by atoms with E-state index >= 15 is 0 Å². The van der Waals surface area contributed by atoms with Gasteiger partial charge in [-0.15, -0.1) is 0 Å². The van der Waals surface area contributed by atoms with Gasteiger partial charge in [-0.1, -0.05) is 12.1 Å². The second-order valence-electron chi connectivity index (χ2n) is 7.36. The predicted octanol–water partition coefficient (Wildman–Crippen LogP) is 4.03. The predicted molar refractivity (Wildman–Crippen MR) is 108 cm³/mol. The number of carbonyl (C=O) groups is 2. The molecule has 1 N–H and O–H groups in total. The molecular formula is C23H23FN2O4. The van der Waals surface area contributed by atoms with Crippen molar-refractivity contribution in [2.75, 3.05) is 13.1 Å². The Labute approximate surface area is 173 Å². The van der Waals surface area contributed by atoms with Gasteiger partial charge in [-0.25, -0.2) is 4.39 Å². The molecule has 0 spiro atoms. The minimum absolute atomic E-state index is 0.0451. The van der Waals surface area contributed by atoms with E-state index in [0.29, 0.717) is 55.2 Å². The van der Waals surface area contributed by atoms with E-state index in [4.69, 9.17) is 8.83 Å². The van der Waals surface area contributed by atoms with Gasteiger partial charge in [0.05, 0.1) is 11.8 Å². The van der Waals surface area contributed by atoms with Gasteiger partial charge in [-0.3, -0.25) is 9.59 Å². The highest BCUT2D eigenvalue weighted by Crippen LogP contribution is 2.25. The molecule has 1 saturated heterocycles. The van der Waals surface area contributed by atoms with Gasteiger partial charge in [0.1, 0.15) is 17.3 Å². The lowest BCUT2D eigenvalue weighted by Crippen LogP contribution is -2.46. The smallest absolute Gasteiger partial charge is 0.289 e. The number of carbonyl (C=O) groups excluding carboxylic acids is 2. The maximum atomic E-state index is 13.9. The number of rotatable bonds is 6. The van der Waals surface area contributed by atoms with Crippen molar-refractivity contribution in [3.63, 3.8) is 0 Å². The van der Waals surface area contributed by atoms with Crippen molar-refractivity contribution in [1.29, 1.82) is 0 Å². The Morgan fingerprint density at radius 2 is 1.87 bits per heavy atom. The summed E-state index contributed by atoms with van der Waals surface area (Å²) in [6.45, 7) is 1.16. The zero-order valence-corrected chi connectivity index (χ0v) is 16.5. The summed E-state index contributed by atoms with van der Waals surface area (Å²) in [7, 11) is 0. The number of piperidine rings is 1. The third kappa shape index (κ3) is 4.62. The van der Waals surface area contributed by atoms with Gasteiger partial charge in [-0.2, -0.15) is 0 Å². The van der Waals surface area contributed by atoms with Crippen LogP contribution in [0.1, 0.15) is 35.6 Å². The Bertz CT molecular complexity index is 1000. The fourth-order valence-electron chi connectivity index (χ4n) is 3.64. The molecule has 1 aromatic carbocycles. The number of nitrogens with one attached hydrogen (secondary N) is 1. The molecule has 3 aromatic rings. The summed E-state index contributed by atoms with van der Waals surface area (Å²) >= 11 is 0. The molecule has 2 amide bonds. The molecule has 0 saturated carbocycles. The maximum absolute atomic E-state index is 13.9. The molecule has 1 aliphatic rings. The molecule has 4 rings (SSSR count). The van der Waals surface area contributed by atoms with Crippen molar-refractivity contribution in [2.24, 2.45) is 0 Å². The van der Waals surface area contributed by atoms with E-state index in [0.717, 1.165) is 0 Å². The summed E-state index contributed by atoms with van der Waals surface area (Å²) in [6.07, 6.45) is 3.62. The van der Waals surface area contributed by atoms with E-state index < -0.39 is 0 Å². The maximum Gasteiger partial charge on any atom is 0.289 e. The van der Waals surface area contributed by atoms with Gasteiger partial charge in [0, 0.05) is 32.0 Å². The number of halogens is 1. The van der Waals surface area contributed by atoms with Gasteiger partial charge >= 0.3 is 0 Å². The summed E-state index contributed by atoms with van der Waals surface area (Å²) in [4.78, 5) is 26.3. The van der Waals surface area contributed by atoms with Crippen LogP contribution in [0, 0.1) is 5.82 Å². The summed E-state index contributed by atoms with van der Waals surface area (Å²) in [5.41, 5.74) is 0.407. The van der Waals surface area contributed by atoms with Gasteiger partial charge in [0.2, 0.25) is 5.91 Å². The number of hydrogen-bond donors (Lipinski definition) is 1. The second kappa shape index (κ2) is 8.98. The molecule has 30 heavy (non-hydrogen) atoms. The first-order valence-corrected chi connectivity index (χ1v) is 10.1. The lowest BCUT2D eigenvalue weighted by atomic mass is 10.0. The Kier molecular flexibility index (Phi) is 5.97. The normalized spacial score (nSPS) is 14.6. The summed E-state index contributed by atoms with van der Waals surface area (Å²) in [6, 6.07) is 13.3. The van der Waals surface area contributed by atoms with E-state index in [1.165, 1.54) is 12.3 Å².